The molecule has 0 rings (SSSR count). The van der Waals surface area contributed by atoms with Crippen LogP contribution in [0.5, 0.6) is 0 Å². The second-order valence-corrected chi connectivity index (χ2v) is 7.24. The van der Waals surface area contributed by atoms with Crippen LogP contribution >= 0.6 is 0 Å². The van der Waals surface area contributed by atoms with Gasteiger partial charge in [-0.05, 0) is 10.8 Å². The summed E-state index contributed by atoms with van der Waals surface area (Å²) in [6.45, 7) is 9.56. The van der Waals surface area contributed by atoms with Gasteiger partial charge in [0, 0.05) is 0 Å². The van der Waals surface area contributed by atoms with Crippen molar-refractivity contribution in [3.05, 3.63) is 0 Å². The molecule has 0 heterocycles. The summed E-state index contributed by atoms with van der Waals surface area (Å²) >= 11 is 0. The van der Waals surface area contributed by atoms with Gasteiger partial charge in [-0.3, -0.25) is 0 Å². The van der Waals surface area contributed by atoms with Crippen molar-refractivity contribution in [2.75, 3.05) is 0 Å². The molecule has 0 aromatic rings. The van der Waals surface area contributed by atoms with E-state index in [9.17, 15) is 19.2 Å². The molecular formula is C14H24N2O7. The fourth-order valence-corrected chi connectivity index (χ4v) is 1.72. The van der Waals surface area contributed by atoms with Crippen molar-refractivity contribution in [2.45, 2.75) is 53.6 Å². The monoisotopic (exact) mass is 332 g/mol. The Morgan fingerprint density at radius 2 is 1.00 bits per heavy atom. The molecular weight excluding hydrogens is 308 g/mol. The van der Waals surface area contributed by atoms with Crippen LogP contribution < -0.4 is 10.6 Å². The van der Waals surface area contributed by atoms with Crippen LogP contribution in [0, 0.1) is 10.8 Å². The fourth-order valence-electron chi connectivity index (χ4n) is 1.72. The SMILES string of the molecule is CC(C)(C)C(NC(=O)O)C(=O)OC(=O)C(NC(=O)O)C(C)(C)C. The van der Waals surface area contributed by atoms with E-state index in [0.717, 1.165) is 0 Å². The lowest BCUT2D eigenvalue weighted by atomic mass is 9.86. The maximum absolute atomic E-state index is 12.1. The molecule has 0 saturated carbocycles. The normalized spacial score (nSPS) is 14.3. The minimum absolute atomic E-state index is 0.840. The third-order valence-corrected chi connectivity index (χ3v) is 2.94. The second kappa shape index (κ2) is 7.30. The van der Waals surface area contributed by atoms with Crippen LogP contribution in [0.1, 0.15) is 41.5 Å². The quantitative estimate of drug-likeness (QED) is 0.450. The van der Waals surface area contributed by atoms with Crippen molar-refractivity contribution >= 4 is 24.1 Å². The van der Waals surface area contributed by atoms with Crippen LogP contribution in [0.25, 0.3) is 0 Å². The zero-order valence-corrected chi connectivity index (χ0v) is 14.1. The Hall–Kier alpha value is -2.32. The third kappa shape index (κ3) is 6.98. The Bertz CT molecular complexity index is 444. The molecule has 0 radical (unpaired) electrons. The lowest BCUT2D eigenvalue weighted by Gasteiger charge is -2.31. The minimum Gasteiger partial charge on any atom is -0.465 e. The van der Waals surface area contributed by atoms with Gasteiger partial charge in [0.2, 0.25) is 0 Å². The van der Waals surface area contributed by atoms with Gasteiger partial charge in [0.05, 0.1) is 0 Å². The van der Waals surface area contributed by atoms with Gasteiger partial charge in [0.25, 0.3) is 0 Å². The number of esters is 2. The van der Waals surface area contributed by atoms with Crippen molar-refractivity contribution in [2.24, 2.45) is 10.8 Å². The molecule has 0 aliphatic carbocycles. The molecule has 2 amide bonds. The summed E-state index contributed by atoms with van der Waals surface area (Å²) in [5.41, 5.74) is -1.68. The molecule has 0 aliphatic heterocycles. The molecule has 0 aromatic carbocycles. The number of hydrogen-bond donors (Lipinski definition) is 4. The smallest absolute Gasteiger partial charge is 0.405 e. The summed E-state index contributed by atoms with van der Waals surface area (Å²) in [5, 5.41) is 21.6. The van der Waals surface area contributed by atoms with Gasteiger partial charge in [-0.15, -0.1) is 0 Å². The van der Waals surface area contributed by atoms with Gasteiger partial charge in [-0.1, -0.05) is 41.5 Å². The molecule has 9 heteroatoms. The number of amides is 2. The Labute approximate surface area is 134 Å². The van der Waals surface area contributed by atoms with Crippen LogP contribution in [-0.2, 0) is 14.3 Å². The van der Waals surface area contributed by atoms with Gasteiger partial charge in [-0.25, -0.2) is 19.2 Å². The summed E-state index contributed by atoms with van der Waals surface area (Å²) in [7, 11) is 0. The molecule has 0 bridgehead atoms. The lowest BCUT2D eigenvalue weighted by Crippen LogP contribution is -2.54. The number of carbonyl (C=O) groups excluding carboxylic acids is 2. The number of carbonyl (C=O) groups is 4. The van der Waals surface area contributed by atoms with Crippen LogP contribution in [0.2, 0.25) is 0 Å². The number of hydrogen-bond acceptors (Lipinski definition) is 5. The van der Waals surface area contributed by atoms with Crippen LogP contribution in [0.15, 0.2) is 0 Å². The summed E-state index contributed by atoms with van der Waals surface area (Å²) < 4.78 is 4.70. The van der Waals surface area contributed by atoms with E-state index >= 15 is 0 Å². The summed E-state index contributed by atoms with van der Waals surface area (Å²) in [6, 6.07) is -2.57. The topological polar surface area (TPSA) is 142 Å². The molecule has 2 atom stereocenters. The Balaban J connectivity index is 5.25. The van der Waals surface area contributed by atoms with E-state index in [4.69, 9.17) is 14.9 Å². The van der Waals surface area contributed by atoms with Gasteiger partial charge >= 0.3 is 24.1 Å². The van der Waals surface area contributed by atoms with E-state index in [2.05, 4.69) is 0 Å². The predicted molar refractivity (Wildman–Crippen MR) is 79.9 cm³/mol. The number of carboxylic acid groups (broad SMARTS) is 2. The average molecular weight is 332 g/mol. The Morgan fingerprint density at radius 3 is 1.17 bits per heavy atom. The summed E-state index contributed by atoms with van der Waals surface area (Å²) in [4.78, 5) is 45.8. The number of rotatable bonds is 4. The highest BCUT2D eigenvalue weighted by Crippen LogP contribution is 2.23. The van der Waals surface area contributed by atoms with E-state index in [1.807, 2.05) is 10.6 Å². The highest BCUT2D eigenvalue weighted by molar-refractivity contribution is 5.94. The van der Waals surface area contributed by atoms with E-state index < -0.39 is 47.0 Å². The average Bonchev–Trinajstić information content (AvgIpc) is 2.29. The molecule has 0 aromatic heterocycles. The fraction of sp³-hybridized carbons (Fsp3) is 0.714. The molecule has 2 unspecified atom stereocenters. The van der Waals surface area contributed by atoms with E-state index in [0.29, 0.717) is 0 Å². The van der Waals surface area contributed by atoms with E-state index in [1.165, 1.54) is 0 Å². The first-order chi connectivity index (χ1) is 10.2. The van der Waals surface area contributed by atoms with Crippen molar-refractivity contribution in [1.29, 1.82) is 0 Å². The number of nitrogens with one attached hydrogen (secondary N) is 2. The minimum atomic E-state index is -1.44. The van der Waals surface area contributed by atoms with E-state index in [1.54, 1.807) is 41.5 Å². The predicted octanol–water partition coefficient (Wildman–Crippen LogP) is 1.42. The Kier molecular flexibility index (Phi) is 6.56. The van der Waals surface area contributed by atoms with Crippen LogP contribution in [-0.4, -0.2) is 46.4 Å². The maximum atomic E-state index is 12.1. The molecule has 9 nitrogen and oxygen atoms in total. The maximum Gasteiger partial charge on any atom is 0.405 e. The first-order valence-electron chi connectivity index (χ1n) is 6.90. The van der Waals surface area contributed by atoms with Crippen LogP contribution in [0.4, 0.5) is 9.59 Å². The first kappa shape index (κ1) is 20.7. The summed E-state index contributed by atoms with van der Waals surface area (Å²) in [5.74, 6) is -2.18. The summed E-state index contributed by atoms with van der Waals surface area (Å²) in [6.07, 6.45) is -2.88. The Morgan fingerprint density at radius 1 is 0.739 bits per heavy atom. The molecule has 4 N–H and O–H groups in total. The van der Waals surface area contributed by atoms with Gasteiger partial charge in [0.1, 0.15) is 12.1 Å². The van der Waals surface area contributed by atoms with Gasteiger partial charge in [-0.2, -0.15) is 0 Å². The van der Waals surface area contributed by atoms with Crippen molar-refractivity contribution in [1.82, 2.24) is 10.6 Å². The van der Waals surface area contributed by atoms with Crippen molar-refractivity contribution in [3.63, 3.8) is 0 Å². The first-order valence-corrected chi connectivity index (χ1v) is 6.90. The zero-order valence-electron chi connectivity index (χ0n) is 14.1. The molecule has 132 valence electrons. The second-order valence-electron chi connectivity index (χ2n) is 7.24. The molecule has 0 aliphatic rings. The highest BCUT2D eigenvalue weighted by Gasteiger charge is 2.40. The van der Waals surface area contributed by atoms with Crippen LogP contribution in [0.3, 0.4) is 0 Å². The van der Waals surface area contributed by atoms with E-state index in [-0.39, 0.29) is 0 Å². The van der Waals surface area contributed by atoms with Crippen molar-refractivity contribution < 1.29 is 34.1 Å². The lowest BCUT2D eigenvalue weighted by molar-refractivity contribution is -0.165. The molecule has 23 heavy (non-hydrogen) atoms. The van der Waals surface area contributed by atoms with Crippen molar-refractivity contribution in [3.8, 4) is 0 Å². The zero-order chi connectivity index (χ0) is 18.6. The molecule has 0 saturated heterocycles. The number of ether oxygens (including phenoxy) is 1. The highest BCUT2D eigenvalue weighted by atomic mass is 16.6. The van der Waals surface area contributed by atoms with Gasteiger partial charge in [0.15, 0.2) is 0 Å². The standard InChI is InChI=1S/C14H24N2O7/c1-13(2,3)7(15-11(19)20)9(17)23-10(18)8(14(4,5)6)16-12(21)22/h7-8,15-16H,1-6H3,(H,19,20)(H,21,22). The largest absolute Gasteiger partial charge is 0.465 e. The molecule has 0 spiro atoms. The third-order valence-electron chi connectivity index (χ3n) is 2.94. The van der Waals surface area contributed by atoms with Gasteiger partial charge < -0.3 is 25.6 Å². The molecule has 0 fully saturated rings.